The topological polar surface area (TPSA) is 78.4 Å². The number of carbonyl (C=O) groups is 2. The van der Waals surface area contributed by atoms with E-state index >= 15 is 0 Å². The molecule has 0 saturated heterocycles. The molecule has 1 aromatic rings. The molecular formula is C17H26N2O3. The summed E-state index contributed by atoms with van der Waals surface area (Å²) in [6.07, 6.45) is -0.713. The molecule has 0 heterocycles. The third-order valence-corrected chi connectivity index (χ3v) is 3.50. The van der Waals surface area contributed by atoms with E-state index in [0.717, 1.165) is 5.56 Å². The molecule has 22 heavy (non-hydrogen) atoms. The summed E-state index contributed by atoms with van der Waals surface area (Å²) in [4.78, 5) is 23.5. The van der Waals surface area contributed by atoms with Gasteiger partial charge in [0.2, 0.25) is 0 Å². The van der Waals surface area contributed by atoms with Crippen LogP contribution in [0.5, 0.6) is 0 Å². The first-order valence-corrected chi connectivity index (χ1v) is 7.48. The lowest BCUT2D eigenvalue weighted by atomic mass is 9.89. The maximum absolute atomic E-state index is 11.8. The number of benzene rings is 1. The molecule has 2 amide bonds. The molecule has 1 rings (SSSR count). The zero-order chi connectivity index (χ0) is 16.9. The number of carbonyl (C=O) groups excluding carboxylic acids is 2. The highest BCUT2D eigenvalue weighted by Crippen LogP contribution is 2.18. The van der Waals surface area contributed by atoms with E-state index in [2.05, 4.69) is 24.5 Å². The lowest BCUT2D eigenvalue weighted by Crippen LogP contribution is -2.43. The first kappa shape index (κ1) is 18.2. The number of anilines is 1. The second-order valence-corrected chi connectivity index (χ2v) is 6.82. The molecule has 0 saturated carbocycles. The minimum Gasteiger partial charge on any atom is -0.391 e. The predicted octanol–water partition coefficient (Wildman–Crippen LogP) is 2.27. The molecule has 0 bridgehead atoms. The fourth-order valence-corrected chi connectivity index (χ4v) is 1.72. The quantitative estimate of drug-likeness (QED) is 0.747. The number of rotatable bonds is 4. The van der Waals surface area contributed by atoms with Crippen molar-refractivity contribution in [2.45, 2.75) is 46.6 Å². The van der Waals surface area contributed by atoms with Crippen LogP contribution < -0.4 is 10.6 Å². The SMILES string of the molecule is CC(C)c1ccc(NC(=O)C(=O)NCC(O)C(C)(C)C)cc1. The van der Waals surface area contributed by atoms with Crippen molar-refractivity contribution in [3.05, 3.63) is 29.8 Å². The highest BCUT2D eigenvalue weighted by Gasteiger charge is 2.23. The second-order valence-electron chi connectivity index (χ2n) is 6.82. The molecular weight excluding hydrogens is 280 g/mol. The van der Waals surface area contributed by atoms with Gasteiger partial charge >= 0.3 is 11.8 Å². The van der Waals surface area contributed by atoms with Gasteiger partial charge < -0.3 is 15.7 Å². The molecule has 1 unspecified atom stereocenters. The van der Waals surface area contributed by atoms with Crippen LogP contribution in [0.4, 0.5) is 5.69 Å². The standard InChI is InChI=1S/C17H26N2O3/c1-11(2)12-6-8-13(9-7-12)19-16(22)15(21)18-10-14(20)17(3,4)5/h6-9,11,14,20H,10H2,1-5H3,(H,18,21)(H,19,22). The van der Waals surface area contributed by atoms with Crippen LogP contribution in [0.2, 0.25) is 0 Å². The minimum atomic E-state index is -0.753. The molecule has 0 aliphatic carbocycles. The van der Waals surface area contributed by atoms with Gasteiger partial charge in [0.15, 0.2) is 0 Å². The van der Waals surface area contributed by atoms with Crippen molar-refractivity contribution >= 4 is 17.5 Å². The number of amides is 2. The highest BCUT2D eigenvalue weighted by atomic mass is 16.3. The molecule has 1 atom stereocenters. The molecule has 3 N–H and O–H groups in total. The minimum absolute atomic E-state index is 0.0437. The molecule has 0 spiro atoms. The molecule has 0 fully saturated rings. The van der Waals surface area contributed by atoms with E-state index in [9.17, 15) is 14.7 Å². The van der Waals surface area contributed by atoms with Crippen LogP contribution in [0.3, 0.4) is 0 Å². The Hall–Kier alpha value is -1.88. The van der Waals surface area contributed by atoms with Crippen LogP contribution in [0, 0.1) is 5.41 Å². The van der Waals surface area contributed by atoms with E-state index in [1.165, 1.54) is 0 Å². The fraction of sp³-hybridized carbons (Fsp3) is 0.529. The molecule has 5 heteroatoms. The predicted molar refractivity (Wildman–Crippen MR) is 87.6 cm³/mol. The Balaban J connectivity index is 2.52. The van der Waals surface area contributed by atoms with Gasteiger partial charge in [-0.1, -0.05) is 46.8 Å². The summed E-state index contributed by atoms with van der Waals surface area (Å²) in [6, 6.07) is 7.37. The Morgan fingerprint density at radius 1 is 1.09 bits per heavy atom. The highest BCUT2D eigenvalue weighted by molar-refractivity contribution is 6.39. The van der Waals surface area contributed by atoms with E-state index in [4.69, 9.17) is 0 Å². The summed E-state index contributed by atoms with van der Waals surface area (Å²) in [5, 5.41) is 14.8. The van der Waals surface area contributed by atoms with Gasteiger partial charge in [-0.05, 0) is 29.0 Å². The van der Waals surface area contributed by atoms with Crippen LogP contribution in [0.1, 0.15) is 46.1 Å². The van der Waals surface area contributed by atoms with E-state index in [0.29, 0.717) is 11.6 Å². The van der Waals surface area contributed by atoms with Crippen LogP contribution in [-0.4, -0.2) is 29.6 Å². The largest absolute Gasteiger partial charge is 0.391 e. The molecule has 122 valence electrons. The summed E-state index contributed by atoms with van der Waals surface area (Å²) >= 11 is 0. The van der Waals surface area contributed by atoms with Crippen LogP contribution in [0.25, 0.3) is 0 Å². The van der Waals surface area contributed by atoms with Crippen molar-refractivity contribution in [3.8, 4) is 0 Å². The molecule has 0 aliphatic heterocycles. The van der Waals surface area contributed by atoms with E-state index in [1.807, 2.05) is 32.9 Å². The first-order chi connectivity index (χ1) is 10.1. The number of aliphatic hydroxyl groups is 1. The maximum Gasteiger partial charge on any atom is 0.313 e. The smallest absolute Gasteiger partial charge is 0.313 e. The summed E-state index contributed by atoms with van der Waals surface area (Å²) in [5.41, 5.74) is 1.38. The van der Waals surface area contributed by atoms with Crippen molar-refractivity contribution in [2.24, 2.45) is 5.41 Å². The first-order valence-electron chi connectivity index (χ1n) is 7.48. The van der Waals surface area contributed by atoms with Gasteiger partial charge in [-0.3, -0.25) is 9.59 Å². The molecule has 1 aromatic carbocycles. The zero-order valence-corrected chi connectivity index (χ0v) is 13.9. The Morgan fingerprint density at radius 3 is 2.09 bits per heavy atom. The van der Waals surface area contributed by atoms with Gasteiger partial charge in [-0.2, -0.15) is 0 Å². The van der Waals surface area contributed by atoms with Crippen molar-refractivity contribution < 1.29 is 14.7 Å². The number of hydrogen-bond acceptors (Lipinski definition) is 3. The zero-order valence-electron chi connectivity index (χ0n) is 13.9. The number of hydrogen-bond donors (Lipinski definition) is 3. The monoisotopic (exact) mass is 306 g/mol. The summed E-state index contributed by atoms with van der Waals surface area (Å²) in [7, 11) is 0. The van der Waals surface area contributed by atoms with Gasteiger partial charge in [0.25, 0.3) is 0 Å². The van der Waals surface area contributed by atoms with E-state index < -0.39 is 17.9 Å². The summed E-state index contributed by atoms with van der Waals surface area (Å²) in [6.45, 7) is 9.80. The lowest BCUT2D eigenvalue weighted by molar-refractivity contribution is -0.136. The average molecular weight is 306 g/mol. The average Bonchev–Trinajstić information content (AvgIpc) is 2.43. The Labute approximate surface area is 132 Å². The van der Waals surface area contributed by atoms with Crippen LogP contribution in [-0.2, 0) is 9.59 Å². The molecule has 0 aliphatic rings. The van der Waals surface area contributed by atoms with Gasteiger partial charge in [-0.25, -0.2) is 0 Å². The van der Waals surface area contributed by atoms with Crippen molar-refractivity contribution in [2.75, 3.05) is 11.9 Å². The van der Waals surface area contributed by atoms with Crippen LogP contribution >= 0.6 is 0 Å². The normalized spacial score (nSPS) is 12.9. The Morgan fingerprint density at radius 2 is 1.64 bits per heavy atom. The number of nitrogens with one attached hydrogen (secondary N) is 2. The Bertz CT molecular complexity index is 516. The second kappa shape index (κ2) is 7.40. The van der Waals surface area contributed by atoms with Crippen LogP contribution in [0.15, 0.2) is 24.3 Å². The summed E-state index contributed by atoms with van der Waals surface area (Å²) in [5.74, 6) is -1.08. The molecule has 5 nitrogen and oxygen atoms in total. The lowest BCUT2D eigenvalue weighted by Gasteiger charge is -2.25. The van der Waals surface area contributed by atoms with E-state index in [-0.39, 0.29) is 12.0 Å². The maximum atomic E-state index is 11.8. The molecule has 0 radical (unpaired) electrons. The summed E-state index contributed by atoms with van der Waals surface area (Å²) < 4.78 is 0. The van der Waals surface area contributed by atoms with Crippen molar-refractivity contribution in [1.82, 2.24) is 5.32 Å². The third-order valence-electron chi connectivity index (χ3n) is 3.50. The van der Waals surface area contributed by atoms with Gasteiger partial charge in [-0.15, -0.1) is 0 Å². The third kappa shape index (κ3) is 5.48. The van der Waals surface area contributed by atoms with Gasteiger partial charge in [0.1, 0.15) is 0 Å². The Kier molecular flexibility index (Phi) is 6.11. The van der Waals surface area contributed by atoms with Gasteiger partial charge in [0, 0.05) is 12.2 Å². The number of aliphatic hydroxyl groups excluding tert-OH is 1. The van der Waals surface area contributed by atoms with Crippen molar-refractivity contribution in [1.29, 1.82) is 0 Å². The fourth-order valence-electron chi connectivity index (χ4n) is 1.72. The van der Waals surface area contributed by atoms with Crippen molar-refractivity contribution in [3.63, 3.8) is 0 Å². The molecule has 0 aromatic heterocycles. The van der Waals surface area contributed by atoms with Gasteiger partial charge in [0.05, 0.1) is 6.10 Å². The van der Waals surface area contributed by atoms with E-state index in [1.54, 1.807) is 12.1 Å².